The number of hydrogen-bond acceptors (Lipinski definition) is 3. The van der Waals surface area contributed by atoms with Crippen molar-refractivity contribution < 1.29 is 14.6 Å². The van der Waals surface area contributed by atoms with Crippen LogP contribution < -0.4 is 4.74 Å². The quantitative estimate of drug-likeness (QED) is 0.877. The average molecular weight is 232 g/mol. The van der Waals surface area contributed by atoms with Crippen molar-refractivity contribution in [3.63, 3.8) is 0 Å². The number of hydrogen-bond donors (Lipinski definition) is 1. The van der Waals surface area contributed by atoms with E-state index in [1.807, 2.05) is 0 Å². The summed E-state index contributed by atoms with van der Waals surface area (Å²) < 4.78 is 6.63. The van der Waals surface area contributed by atoms with Gasteiger partial charge in [-0.15, -0.1) is 0 Å². The van der Waals surface area contributed by atoms with Gasteiger partial charge in [0.05, 0.1) is 18.5 Å². The number of carboxylic acids is 1. The van der Waals surface area contributed by atoms with Gasteiger partial charge in [0.15, 0.2) is 5.69 Å². The van der Waals surface area contributed by atoms with Gasteiger partial charge in [0.2, 0.25) is 0 Å². The summed E-state index contributed by atoms with van der Waals surface area (Å²) in [5.74, 6) is -0.326. The van der Waals surface area contributed by atoms with Crippen molar-refractivity contribution in [1.29, 1.82) is 0 Å². The molecule has 17 heavy (non-hydrogen) atoms. The van der Waals surface area contributed by atoms with Crippen molar-refractivity contribution >= 4 is 5.97 Å². The Morgan fingerprint density at radius 3 is 2.88 bits per heavy atom. The average Bonchev–Trinajstić information content (AvgIpc) is 2.71. The van der Waals surface area contributed by atoms with Gasteiger partial charge >= 0.3 is 5.97 Å². The lowest BCUT2D eigenvalue weighted by Gasteiger charge is -2.07. The molecule has 5 heteroatoms. The van der Waals surface area contributed by atoms with Crippen LogP contribution in [0.3, 0.4) is 0 Å². The van der Waals surface area contributed by atoms with Crippen LogP contribution in [0.1, 0.15) is 16.2 Å². The van der Waals surface area contributed by atoms with Gasteiger partial charge in [0, 0.05) is 6.07 Å². The van der Waals surface area contributed by atoms with E-state index in [4.69, 9.17) is 9.84 Å². The fraction of sp³-hybridized carbons (Fsp3) is 0.167. The number of carbonyl (C=O) groups is 1. The third kappa shape index (κ3) is 1.99. The topological polar surface area (TPSA) is 64.4 Å². The van der Waals surface area contributed by atoms with Gasteiger partial charge in [-0.2, -0.15) is 0 Å². The molecule has 0 aliphatic heterocycles. The third-order valence-electron chi connectivity index (χ3n) is 2.48. The van der Waals surface area contributed by atoms with Crippen LogP contribution >= 0.6 is 0 Å². The number of imidazole rings is 1. The Kier molecular flexibility index (Phi) is 2.82. The number of rotatable bonds is 3. The minimum absolute atomic E-state index is 0.165. The van der Waals surface area contributed by atoms with Crippen molar-refractivity contribution in [3.05, 3.63) is 42.0 Å². The number of aryl methyl sites for hydroxylation is 1. The highest BCUT2D eigenvalue weighted by Crippen LogP contribution is 2.19. The molecule has 0 aliphatic carbocycles. The highest BCUT2D eigenvalue weighted by molar-refractivity contribution is 5.87. The first-order chi connectivity index (χ1) is 8.13. The molecule has 0 bridgehead atoms. The molecule has 0 atom stereocenters. The van der Waals surface area contributed by atoms with Crippen LogP contribution in [0.15, 0.2) is 30.6 Å². The Bertz CT molecular complexity index is 561. The summed E-state index contributed by atoms with van der Waals surface area (Å²) in [6.07, 6.45) is 1.49. The molecule has 0 aliphatic rings. The maximum Gasteiger partial charge on any atom is 0.354 e. The maximum absolute atomic E-state index is 11.1. The van der Waals surface area contributed by atoms with Crippen molar-refractivity contribution in [2.24, 2.45) is 0 Å². The van der Waals surface area contributed by atoms with Gasteiger partial charge in [0.1, 0.15) is 12.1 Å². The van der Waals surface area contributed by atoms with Crippen LogP contribution in [0.25, 0.3) is 5.69 Å². The summed E-state index contributed by atoms with van der Waals surface area (Å²) >= 11 is 0. The normalized spacial score (nSPS) is 10.2. The molecule has 88 valence electrons. The van der Waals surface area contributed by atoms with E-state index >= 15 is 0 Å². The highest BCUT2D eigenvalue weighted by atomic mass is 16.5. The van der Waals surface area contributed by atoms with Crippen LogP contribution in [0.4, 0.5) is 0 Å². The zero-order valence-corrected chi connectivity index (χ0v) is 9.54. The van der Waals surface area contributed by atoms with Gasteiger partial charge in [-0.3, -0.25) is 4.57 Å². The molecular formula is C12H12N2O3. The molecule has 0 amide bonds. The fourth-order valence-electron chi connectivity index (χ4n) is 1.65. The first-order valence-corrected chi connectivity index (χ1v) is 5.05. The molecule has 0 unspecified atom stereocenters. The molecule has 1 aromatic carbocycles. The number of methoxy groups -OCH3 is 1. The molecule has 1 heterocycles. The Morgan fingerprint density at radius 2 is 2.24 bits per heavy atom. The number of benzene rings is 1. The van der Waals surface area contributed by atoms with Gasteiger partial charge in [0.25, 0.3) is 0 Å². The number of carboxylic acid groups (broad SMARTS) is 1. The minimum Gasteiger partial charge on any atom is -0.497 e. The van der Waals surface area contributed by atoms with E-state index < -0.39 is 5.97 Å². The minimum atomic E-state index is -0.997. The smallest absolute Gasteiger partial charge is 0.354 e. The van der Waals surface area contributed by atoms with Crippen LogP contribution in [-0.4, -0.2) is 27.7 Å². The SMILES string of the molecule is COc1cccc(-n2cnc(C)c2C(=O)O)c1. The van der Waals surface area contributed by atoms with Gasteiger partial charge in [-0.1, -0.05) is 6.07 Å². The van der Waals surface area contributed by atoms with E-state index in [9.17, 15) is 4.79 Å². The lowest BCUT2D eigenvalue weighted by atomic mass is 10.2. The zero-order chi connectivity index (χ0) is 12.4. The lowest BCUT2D eigenvalue weighted by Crippen LogP contribution is -2.07. The summed E-state index contributed by atoms with van der Waals surface area (Å²) in [4.78, 5) is 15.2. The molecule has 5 nitrogen and oxygen atoms in total. The van der Waals surface area contributed by atoms with Crippen molar-refractivity contribution in [2.75, 3.05) is 7.11 Å². The van der Waals surface area contributed by atoms with Crippen LogP contribution in [0, 0.1) is 6.92 Å². The van der Waals surface area contributed by atoms with Crippen LogP contribution in [0.2, 0.25) is 0 Å². The van der Waals surface area contributed by atoms with Gasteiger partial charge in [-0.25, -0.2) is 9.78 Å². The van der Waals surface area contributed by atoms with E-state index in [-0.39, 0.29) is 5.69 Å². The number of ether oxygens (including phenoxy) is 1. The number of aromatic nitrogens is 2. The van der Waals surface area contributed by atoms with Crippen molar-refractivity contribution in [1.82, 2.24) is 9.55 Å². The van der Waals surface area contributed by atoms with E-state index in [0.29, 0.717) is 17.1 Å². The lowest BCUT2D eigenvalue weighted by molar-refractivity contribution is 0.0687. The Labute approximate surface area is 98.3 Å². The second-order valence-corrected chi connectivity index (χ2v) is 3.56. The monoisotopic (exact) mass is 232 g/mol. The van der Waals surface area contributed by atoms with E-state index in [0.717, 1.165) is 0 Å². The molecule has 0 spiro atoms. The number of nitrogens with zero attached hydrogens (tertiary/aromatic N) is 2. The maximum atomic E-state index is 11.1. The molecule has 0 radical (unpaired) electrons. The predicted octanol–water partition coefficient (Wildman–Crippen LogP) is 1.89. The van der Waals surface area contributed by atoms with E-state index in [1.54, 1.807) is 38.3 Å². The van der Waals surface area contributed by atoms with Gasteiger partial charge < -0.3 is 9.84 Å². The summed E-state index contributed by atoms with van der Waals surface area (Å²) in [6.45, 7) is 1.67. The van der Waals surface area contributed by atoms with Crippen molar-refractivity contribution in [2.45, 2.75) is 6.92 Å². The van der Waals surface area contributed by atoms with Crippen LogP contribution in [-0.2, 0) is 0 Å². The standard InChI is InChI=1S/C12H12N2O3/c1-8-11(12(15)16)14(7-13-8)9-4-3-5-10(6-9)17-2/h3-7H,1-2H3,(H,15,16). The van der Waals surface area contributed by atoms with E-state index in [2.05, 4.69) is 4.98 Å². The summed E-state index contributed by atoms with van der Waals surface area (Å²) in [6, 6.07) is 7.16. The third-order valence-corrected chi connectivity index (χ3v) is 2.48. The molecule has 2 aromatic rings. The van der Waals surface area contributed by atoms with Crippen molar-refractivity contribution in [3.8, 4) is 11.4 Å². The molecule has 0 saturated carbocycles. The highest BCUT2D eigenvalue weighted by Gasteiger charge is 2.15. The largest absolute Gasteiger partial charge is 0.497 e. The second-order valence-electron chi connectivity index (χ2n) is 3.56. The first-order valence-electron chi connectivity index (χ1n) is 5.05. The molecule has 2 rings (SSSR count). The number of aromatic carboxylic acids is 1. The molecule has 0 saturated heterocycles. The van der Waals surface area contributed by atoms with Gasteiger partial charge in [-0.05, 0) is 19.1 Å². The first kappa shape index (κ1) is 11.2. The summed E-state index contributed by atoms with van der Waals surface area (Å²) in [7, 11) is 1.57. The zero-order valence-electron chi connectivity index (χ0n) is 9.54. The molecule has 1 aromatic heterocycles. The van der Waals surface area contributed by atoms with E-state index in [1.165, 1.54) is 10.9 Å². The predicted molar refractivity (Wildman–Crippen MR) is 61.8 cm³/mol. The fourth-order valence-corrected chi connectivity index (χ4v) is 1.65. The Balaban J connectivity index is 2.56. The van der Waals surface area contributed by atoms with Crippen LogP contribution in [0.5, 0.6) is 5.75 Å². The molecule has 1 N–H and O–H groups in total. The second kappa shape index (κ2) is 4.29. The molecule has 0 fully saturated rings. The molecular weight excluding hydrogens is 220 g/mol. The Hall–Kier alpha value is -2.30. The Morgan fingerprint density at radius 1 is 1.47 bits per heavy atom. The summed E-state index contributed by atoms with van der Waals surface area (Å²) in [5, 5.41) is 9.13. The summed E-state index contributed by atoms with van der Waals surface area (Å²) in [5.41, 5.74) is 1.36.